The van der Waals surface area contributed by atoms with Gasteiger partial charge in [-0.1, -0.05) is 42.5 Å². The number of hydrogen-bond acceptors (Lipinski definition) is 7. The molecular formula is C25H24N6OS. The van der Waals surface area contributed by atoms with Crippen LogP contribution in [-0.2, 0) is 4.79 Å². The highest BCUT2D eigenvalue weighted by Gasteiger charge is 2.37. The number of carbonyl (C=O) groups is 1. The number of piperazine rings is 1. The van der Waals surface area contributed by atoms with Crippen molar-refractivity contribution in [3.63, 3.8) is 0 Å². The molecule has 0 atom stereocenters. The minimum absolute atomic E-state index is 0.0341. The summed E-state index contributed by atoms with van der Waals surface area (Å²) in [6.07, 6.45) is 1.61. The van der Waals surface area contributed by atoms with Gasteiger partial charge in [-0.05, 0) is 23.7 Å². The molecule has 0 aliphatic carbocycles. The van der Waals surface area contributed by atoms with Crippen LogP contribution >= 0.6 is 11.5 Å². The molecule has 0 bridgehead atoms. The number of carbonyl (C=O) groups excluding carboxylic acids is 1. The normalized spacial score (nSPS) is 16.8. The van der Waals surface area contributed by atoms with Crippen LogP contribution in [0.4, 0.5) is 11.6 Å². The Hall–Kier alpha value is -3.52. The standard InChI is InChI=1S/C25H24N6OS/c32-25(30-12-10-29(11-13-30)24-20-8-4-5-9-22(20)33-28-24)19-15-31(16-19)23-14-21(26-17-27-23)18-6-2-1-3-7-18/h1-9,14,17,19H,10-13,15-16H2. The summed E-state index contributed by atoms with van der Waals surface area (Å²) < 4.78 is 5.88. The summed E-state index contributed by atoms with van der Waals surface area (Å²) in [6, 6.07) is 20.5. The van der Waals surface area contributed by atoms with Gasteiger partial charge in [0.1, 0.15) is 18.0 Å². The second-order valence-electron chi connectivity index (χ2n) is 8.54. The Balaban J connectivity index is 1.06. The molecule has 0 N–H and O–H groups in total. The smallest absolute Gasteiger partial charge is 0.229 e. The second kappa shape index (κ2) is 8.44. The van der Waals surface area contributed by atoms with Crippen molar-refractivity contribution in [1.82, 2.24) is 19.2 Å². The monoisotopic (exact) mass is 456 g/mol. The van der Waals surface area contributed by atoms with Crippen LogP contribution in [0.5, 0.6) is 0 Å². The first kappa shape index (κ1) is 20.1. The molecule has 6 rings (SSSR count). The average Bonchev–Trinajstić information content (AvgIpc) is 3.28. The molecule has 0 radical (unpaired) electrons. The first-order valence-electron chi connectivity index (χ1n) is 11.3. The van der Waals surface area contributed by atoms with Crippen LogP contribution in [0.15, 0.2) is 67.0 Å². The van der Waals surface area contributed by atoms with Gasteiger partial charge >= 0.3 is 0 Å². The summed E-state index contributed by atoms with van der Waals surface area (Å²) >= 11 is 1.54. The third-order valence-corrected chi connectivity index (χ3v) is 7.34. The molecule has 166 valence electrons. The zero-order chi connectivity index (χ0) is 22.2. The van der Waals surface area contributed by atoms with Crippen molar-refractivity contribution in [1.29, 1.82) is 0 Å². The van der Waals surface area contributed by atoms with E-state index in [1.807, 2.05) is 47.4 Å². The van der Waals surface area contributed by atoms with E-state index in [0.717, 1.165) is 49.1 Å². The summed E-state index contributed by atoms with van der Waals surface area (Å²) in [6.45, 7) is 4.55. The van der Waals surface area contributed by atoms with Crippen molar-refractivity contribution in [2.24, 2.45) is 5.92 Å². The molecule has 7 nitrogen and oxygen atoms in total. The Morgan fingerprint density at radius 2 is 1.64 bits per heavy atom. The molecule has 2 aliphatic heterocycles. The number of nitrogens with zero attached hydrogens (tertiary/aromatic N) is 6. The molecule has 8 heteroatoms. The number of benzene rings is 2. The van der Waals surface area contributed by atoms with Gasteiger partial charge in [-0.3, -0.25) is 4.79 Å². The number of aromatic nitrogens is 3. The number of anilines is 2. The molecule has 4 aromatic rings. The number of hydrogen-bond donors (Lipinski definition) is 0. The van der Waals surface area contributed by atoms with E-state index in [9.17, 15) is 4.79 Å². The molecule has 4 heterocycles. The van der Waals surface area contributed by atoms with Gasteiger partial charge in [0, 0.05) is 56.3 Å². The number of fused-ring (bicyclic) bond motifs is 1. The summed E-state index contributed by atoms with van der Waals surface area (Å²) in [7, 11) is 0. The molecule has 2 fully saturated rings. The van der Waals surface area contributed by atoms with Gasteiger partial charge in [-0.15, -0.1) is 0 Å². The topological polar surface area (TPSA) is 65.5 Å². The lowest BCUT2D eigenvalue weighted by Crippen LogP contribution is -2.58. The molecular weight excluding hydrogens is 432 g/mol. The van der Waals surface area contributed by atoms with Gasteiger partial charge in [0.2, 0.25) is 5.91 Å². The van der Waals surface area contributed by atoms with Crippen LogP contribution in [0.25, 0.3) is 21.3 Å². The van der Waals surface area contributed by atoms with E-state index < -0.39 is 0 Å². The first-order chi connectivity index (χ1) is 16.3. The highest BCUT2D eigenvalue weighted by atomic mass is 32.1. The molecule has 2 saturated heterocycles. The molecule has 2 aromatic heterocycles. The number of amides is 1. The zero-order valence-electron chi connectivity index (χ0n) is 18.2. The summed E-state index contributed by atoms with van der Waals surface area (Å²) in [5.74, 6) is 2.22. The largest absolute Gasteiger partial charge is 0.355 e. The molecule has 0 saturated carbocycles. The fourth-order valence-corrected chi connectivity index (χ4v) is 5.40. The molecule has 0 unspecified atom stereocenters. The van der Waals surface area contributed by atoms with E-state index in [-0.39, 0.29) is 11.8 Å². The van der Waals surface area contributed by atoms with Crippen LogP contribution in [0, 0.1) is 5.92 Å². The van der Waals surface area contributed by atoms with Crippen LogP contribution in [-0.4, -0.2) is 64.4 Å². The zero-order valence-corrected chi connectivity index (χ0v) is 19.0. The van der Waals surface area contributed by atoms with Gasteiger partial charge in [0.15, 0.2) is 0 Å². The van der Waals surface area contributed by atoms with E-state index >= 15 is 0 Å². The van der Waals surface area contributed by atoms with E-state index in [2.05, 4.69) is 42.3 Å². The Morgan fingerprint density at radius 3 is 2.45 bits per heavy atom. The van der Waals surface area contributed by atoms with E-state index in [4.69, 9.17) is 0 Å². The molecule has 2 aromatic carbocycles. The van der Waals surface area contributed by atoms with Crippen molar-refractivity contribution < 1.29 is 4.79 Å². The van der Waals surface area contributed by atoms with Gasteiger partial charge < -0.3 is 14.7 Å². The Labute approximate surface area is 196 Å². The van der Waals surface area contributed by atoms with Crippen molar-refractivity contribution in [3.05, 3.63) is 67.0 Å². The minimum atomic E-state index is 0.0341. The van der Waals surface area contributed by atoms with Crippen molar-refractivity contribution in [2.75, 3.05) is 49.1 Å². The van der Waals surface area contributed by atoms with Gasteiger partial charge in [-0.25, -0.2) is 9.97 Å². The maximum atomic E-state index is 13.1. The fourth-order valence-electron chi connectivity index (χ4n) is 4.61. The molecule has 33 heavy (non-hydrogen) atoms. The predicted molar refractivity (Wildman–Crippen MR) is 132 cm³/mol. The van der Waals surface area contributed by atoms with Crippen molar-refractivity contribution in [2.45, 2.75) is 0 Å². The van der Waals surface area contributed by atoms with Crippen LogP contribution < -0.4 is 9.80 Å². The number of rotatable bonds is 4. The highest BCUT2D eigenvalue weighted by Crippen LogP contribution is 2.31. The first-order valence-corrected chi connectivity index (χ1v) is 12.0. The predicted octanol–water partition coefficient (Wildman–Crippen LogP) is 3.54. The van der Waals surface area contributed by atoms with Crippen LogP contribution in [0.3, 0.4) is 0 Å². The maximum Gasteiger partial charge on any atom is 0.229 e. The molecule has 2 aliphatic rings. The average molecular weight is 457 g/mol. The van der Waals surface area contributed by atoms with Crippen molar-refractivity contribution in [3.8, 4) is 11.3 Å². The minimum Gasteiger partial charge on any atom is -0.355 e. The lowest BCUT2D eigenvalue weighted by molar-refractivity contribution is -0.136. The molecule has 1 amide bonds. The second-order valence-corrected chi connectivity index (χ2v) is 9.35. The van der Waals surface area contributed by atoms with Gasteiger partial charge in [-0.2, -0.15) is 4.37 Å². The molecule has 0 spiro atoms. The lowest BCUT2D eigenvalue weighted by Gasteiger charge is -2.43. The van der Waals surface area contributed by atoms with E-state index in [1.165, 1.54) is 10.1 Å². The maximum absolute atomic E-state index is 13.1. The fraction of sp³-hybridized carbons (Fsp3) is 0.280. The third kappa shape index (κ3) is 3.80. The van der Waals surface area contributed by atoms with Crippen LogP contribution in [0.1, 0.15) is 0 Å². The third-order valence-electron chi connectivity index (χ3n) is 6.53. The summed E-state index contributed by atoms with van der Waals surface area (Å²) in [5.41, 5.74) is 1.97. The summed E-state index contributed by atoms with van der Waals surface area (Å²) in [5, 5.41) is 1.21. The lowest BCUT2D eigenvalue weighted by atomic mass is 9.97. The Kier molecular flexibility index (Phi) is 5.14. The van der Waals surface area contributed by atoms with E-state index in [0.29, 0.717) is 13.1 Å². The van der Waals surface area contributed by atoms with Crippen LogP contribution in [0.2, 0.25) is 0 Å². The van der Waals surface area contributed by atoms with Gasteiger partial charge in [0.05, 0.1) is 16.3 Å². The quantitative estimate of drug-likeness (QED) is 0.468. The van der Waals surface area contributed by atoms with Crippen molar-refractivity contribution >= 4 is 39.2 Å². The Bertz CT molecular complexity index is 1280. The van der Waals surface area contributed by atoms with E-state index in [1.54, 1.807) is 17.9 Å². The SMILES string of the molecule is O=C(C1CN(c2cc(-c3ccccc3)ncn2)C1)N1CCN(c2nsc3ccccc23)CC1. The Morgan fingerprint density at radius 1 is 0.879 bits per heavy atom. The van der Waals surface area contributed by atoms with Gasteiger partial charge in [0.25, 0.3) is 0 Å². The highest BCUT2D eigenvalue weighted by molar-refractivity contribution is 7.13. The summed E-state index contributed by atoms with van der Waals surface area (Å²) in [4.78, 5) is 28.4.